The van der Waals surface area contributed by atoms with Crippen LogP contribution in [0, 0.1) is 6.92 Å². The third-order valence-corrected chi connectivity index (χ3v) is 3.85. The molecule has 126 valence electrons. The van der Waals surface area contributed by atoms with E-state index in [1.165, 1.54) is 12.3 Å². The van der Waals surface area contributed by atoms with E-state index in [0.717, 1.165) is 5.56 Å². The number of pyridine rings is 1. The van der Waals surface area contributed by atoms with Gasteiger partial charge in [-0.3, -0.25) is 9.78 Å². The molecule has 0 radical (unpaired) electrons. The van der Waals surface area contributed by atoms with Gasteiger partial charge in [0, 0.05) is 18.0 Å². The lowest BCUT2D eigenvalue weighted by Gasteiger charge is -2.09. The predicted octanol–water partition coefficient (Wildman–Crippen LogP) is 5.11. The summed E-state index contributed by atoms with van der Waals surface area (Å²) >= 11 is 6.13. The maximum Gasteiger partial charge on any atom is 0.187 e. The van der Waals surface area contributed by atoms with Crippen LogP contribution in [0.4, 0.5) is 0 Å². The minimum absolute atomic E-state index is 0.131. The Labute approximate surface area is 150 Å². The highest BCUT2D eigenvalue weighted by molar-refractivity contribution is 6.32. The van der Waals surface area contributed by atoms with Gasteiger partial charge in [-0.25, -0.2) is 0 Å². The standard InChI is InChI=1S/C20H16ClNO3/c1-14-4-2-6-18(21)20(14)24-13-17-8-7-16(25-17)9-10-19(23)15-5-3-11-22-12-15/h2-12H,13H2,1H3/b10-9+. The van der Waals surface area contributed by atoms with Gasteiger partial charge < -0.3 is 9.15 Å². The molecule has 0 fully saturated rings. The SMILES string of the molecule is Cc1cccc(Cl)c1OCc1ccc(/C=C/C(=O)c2cccnc2)o1. The summed E-state index contributed by atoms with van der Waals surface area (Å²) in [5.41, 5.74) is 1.49. The number of carbonyl (C=O) groups is 1. The van der Waals surface area contributed by atoms with E-state index in [9.17, 15) is 4.79 Å². The summed E-state index contributed by atoms with van der Waals surface area (Å²) in [6.07, 6.45) is 6.23. The van der Waals surface area contributed by atoms with Crippen LogP contribution in [0.15, 0.2) is 65.4 Å². The van der Waals surface area contributed by atoms with E-state index in [2.05, 4.69) is 4.98 Å². The minimum atomic E-state index is -0.131. The van der Waals surface area contributed by atoms with Crippen LogP contribution in [-0.2, 0) is 6.61 Å². The lowest BCUT2D eigenvalue weighted by molar-refractivity contribution is 0.104. The maximum atomic E-state index is 12.0. The molecule has 1 aromatic carbocycles. The minimum Gasteiger partial charge on any atom is -0.484 e. The van der Waals surface area contributed by atoms with Crippen LogP contribution in [0.2, 0.25) is 5.02 Å². The van der Waals surface area contributed by atoms with Crippen LogP contribution in [-0.4, -0.2) is 10.8 Å². The molecule has 2 aromatic heterocycles. The maximum absolute atomic E-state index is 12.0. The Bertz CT molecular complexity index is 880. The highest BCUT2D eigenvalue weighted by Crippen LogP contribution is 2.28. The fourth-order valence-electron chi connectivity index (χ4n) is 2.27. The van der Waals surface area contributed by atoms with Crippen LogP contribution < -0.4 is 4.74 Å². The number of aryl methyl sites for hydroxylation is 1. The molecule has 5 heteroatoms. The van der Waals surface area contributed by atoms with Crippen LogP contribution >= 0.6 is 11.6 Å². The molecule has 4 nitrogen and oxygen atoms in total. The molecule has 0 aliphatic rings. The first-order valence-corrected chi connectivity index (χ1v) is 8.10. The number of aromatic nitrogens is 1. The van der Waals surface area contributed by atoms with Crippen LogP contribution in [0.5, 0.6) is 5.75 Å². The molecule has 0 N–H and O–H groups in total. The molecule has 2 heterocycles. The predicted molar refractivity (Wildman–Crippen MR) is 96.8 cm³/mol. The third kappa shape index (κ3) is 4.37. The summed E-state index contributed by atoms with van der Waals surface area (Å²) in [4.78, 5) is 15.9. The lowest BCUT2D eigenvalue weighted by Crippen LogP contribution is -1.96. The average molecular weight is 354 g/mol. The first kappa shape index (κ1) is 17.0. The summed E-state index contributed by atoms with van der Waals surface area (Å²) in [6, 6.07) is 12.6. The number of benzene rings is 1. The second-order valence-corrected chi connectivity index (χ2v) is 5.83. The number of hydrogen-bond donors (Lipinski definition) is 0. The van der Waals surface area contributed by atoms with Gasteiger partial charge >= 0.3 is 0 Å². The molecule has 0 saturated heterocycles. The second kappa shape index (κ2) is 7.81. The van der Waals surface area contributed by atoms with Crippen LogP contribution in [0.1, 0.15) is 27.4 Å². The van der Waals surface area contributed by atoms with E-state index < -0.39 is 0 Å². The molecule has 0 spiro atoms. The number of halogens is 1. The molecule has 0 aliphatic heterocycles. The molecule has 25 heavy (non-hydrogen) atoms. The Morgan fingerprint density at radius 1 is 1.24 bits per heavy atom. The molecule has 0 atom stereocenters. The zero-order valence-electron chi connectivity index (χ0n) is 13.6. The Kier molecular flexibility index (Phi) is 5.31. The lowest BCUT2D eigenvalue weighted by atomic mass is 10.2. The third-order valence-electron chi connectivity index (χ3n) is 3.55. The van der Waals surface area contributed by atoms with Crippen molar-refractivity contribution in [1.29, 1.82) is 0 Å². The number of para-hydroxylation sites is 1. The first-order valence-electron chi connectivity index (χ1n) is 7.72. The summed E-state index contributed by atoms with van der Waals surface area (Å²) in [5, 5.41) is 0.564. The van der Waals surface area contributed by atoms with Crippen molar-refractivity contribution in [3.05, 3.63) is 88.6 Å². The van der Waals surface area contributed by atoms with Crippen molar-refractivity contribution in [2.75, 3.05) is 0 Å². The molecule has 3 aromatic rings. The van der Waals surface area contributed by atoms with Gasteiger partial charge in [0.25, 0.3) is 0 Å². The van der Waals surface area contributed by atoms with Crippen molar-refractivity contribution in [3.8, 4) is 5.75 Å². The number of furan rings is 1. The van der Waals surface area contributed by atoms with E-state index >= 15 is 0 Å². The first-order chi connectivity index (χ1) is 12.1. The van der Waals surface area contributed by atoms with Crippen molar-refractivity contribution < 1.29 is 13.9 Å². The summed E-state index contributed by atoms with van der Waals surface area (Å²) in [7, 11) is 0. The molecular weight excluding hydrogens is 338 g/mol. The molecule has 0 bridgehead atoms. The quantitative estimate of drug-likeness (QED) is 0.456. The highest BCUT2D eigenvalue weighted by atomic mass is 35.5. The number of ether oxygens (including phenoxy) is 1. The van der Waals surface area contributed by atoms with Crippen LogP contribution in [0.25, 0.3) is 6.08 Å². The van der Waals surface area contributed by atoms with Gasteiger partial charge in [-0.05, 0) is 55.0 Å². The van der Waals surface area contributed by atoms with Crippen molar-refractivity contribution in [3.63, 3.8) is 0 Å². The number of ketones is 1. The van der Waals surface area contributed by atoms with Gasteiger partial charge in [0.2, 0.25) is 0 Å². The zero-order valence-corrected chi connectivity index (χ0v) is 14.4. The largest absolute Gasteiger partial charge is 0.484 e. The number of carbonyl (C=O) groups excluding carboxylic acids is 1. The molecule has 0 aliphatic carbocycles. The average Bonchev–Trinajstić information content (AvgIpc) is 3.08. The van der Waals surface area contributed by atoms with Crippen LogP contribution in [0.3, 0.4) is 0 Å². The monoisotopic (exact) mass is 353 g/mol. The fraction of sp³-hybridized carbons (Fsp3) is 0.100. The van der Waals surface area contributed by atoms with E-state index in [4.69, 9.17) is 20.8 Å². The Balaban J connectivity index is 1.63. The van der Waals surface area contributed by atoms with Crippen molar-refractivity contribution >= 4 is 23.5 Å². The summed E-state index contributed by atoms with van der Waals surface area (Å²) < 4.78 is 11.4. The van der Waals surface area contributed by atoms with Gasteiger partial charge in [-0.15, -0.1) is 0 Å². The van der Waals surface area contributed by atoms with E-state index in [1.807, 2.05) is 19.1 Å². The van der Waals surface area contributed by atoms with Gasteiger partial charge in [-0.2, -0.15) is 0 Å². The topological polar surface area (TPSA) is 52.3 Å². The van der Waals surface area contributed by atoms with Gasteiger partial charge in [-0.1, -0.05) is 23.7 Å². The fourth-order valence-corrected chi connectivity index (χ4v) is 2.54. The number of hydrogen-bond acceptors (Lipinski definition) is 4. The van der Waals surface area contributed by atoms with Gasteiger partial charge in [0.15, 0.2) is 5.78 Å². The molecule has 3 rings (SSSR count). The normalized spacial score (nSPS) is 11.0. The van der Waals surface area contributed by atoms with Crippen molar-refractivity contribution in [1.82, 2.24) is 4.98 Å². The highest BCUT2D eigenvalue weighted by Gasteiger charge is 2.07. The Hall–Kier alpha value is -2.85. The number of rotatable bonds is 6. The molecule has 0 amide bonds. The molecule has 0 unspecified atom stereocenters. The van der Waals surface area contributed by atoms with Crippen molar-refractivity contribution in [2.45, 2.75) is 13.5 Å². The summed E-state index contributed by atoms with van der Waals surface area (Å²) in [6.45, 7) is 2.19. The molecule has 0 saturated carbocycles. The van der Waals surface area contributed by atoms with Gasteiger partial charge in [0.1, 0.15) is 23.9 Å². The van der Waals surface area contributed by atoms with E-state index in [1.54, 1.807) is 42.6 Å². The number of nitrogens with zero attached hydrogens (tertiary/aromatic N) is 1. The second-order valence-electron chi connectivity index (χ2n) is 5.42. The van der Waals surface area contributed by atoms with E-state index in [-0.39, 0.29) is 12.4 Å². The Morgan fingerprint density at radius 3 is 2.88 bits per heavy atom. The summed E-state index contributed by atoms with van der Waals surface area (Å²) in [5.74, 6) is 1.73. The van der Waals surface area contributed by atoms with E-state index in [0.29, 0.717) is 27.9 Å². The van der Waals surface area contributed by atoms with Crippen molar-refractivity contribution in [2.24, 2.45) is 0 Å². The molecular formula is C20H16ClNO3. The smallest absolute Gasteiger partial charge is 0.187 e. The number of allylic oxidation sites excluding steroid dienone is 1. The van der Waals surface area contributed by atoms with Gasteiger partial charge in [0.05, 0.1) is 5.02 Å². The Morgan fingerprint density at radius 2 is 2.12 bits per heavy atom. The zero-order chi connectivity index (χ0) is 17.6.